The van der Waals surface area contributed by atoms with Gasteiger partial charge in [-0.2, -0.15) is 0 Å². The lowest BCUT2D eigenvalue weighted by molar-refractivity contribution is -0.383. The monoisotopic (exact) mass is 458 g/mol. The van der Waals surface area contributed by atoms with E-state index in [1.165, 1.54) is 6.33 Å². The van der Waals surface area contributed by atoms with Crippen LogP contribution in [-0.2, 0) is 4.74 Å². The summed E-state index contributed by atoms with van der Waals surface area (Å²) in [6.07, 6.45) is 2.75. The molecule has 29 heavy (non-hydrogen) atoms. The zero-order valence-corrected chi connectivity index (χ0v) is 16.7. The normalized spacial score (nSPS) is 10.3. The molecule has 0 saturated heterocycles. The van der Waals surface area contributed by atoms with Gasteiger partial charge in [-0.3, -0.25) is 10.1 Å². The van der Waals surface area contributed by atoms with Crippen molar-refractivity contribution in [2.75, 3.05) is 17.2 Å². The van der Waals surface area contributed by atoms with Gasteiger partial charge in [-0.15, -0.1) is 0 Å². The van der Waals surface area contributed by atoms with Gasteiger partial charge in [0.25, 0.3) is 0 Å². The van der Waals surface area contributed by atoms with Crippen molar-refractivity contribution in [2.24, 2.45) is 0 Å². The third-order valence-corrected chi connectivity index (χ3v) is 4.11. The Balaban J connectivity index is 1.86. The summed E-state index contributed by atoms with van der Waals surface area (Å²) in [5, 5.41) is 17.3. The predicted octanol–water partition coefficient (Wildman–Crippen LogP) is 4.21. The fourth-order valence-corrected chi connectivity index (χ4v) is 2.58. The minimum atomic E-state index is -0.587. The lowest BCUT2D eigenvalue weighted by Gasteiger charge is -2.10. The Morgan fingerprint density at radius 3 is 2.38 bits per heavy atom. The molecule has 1 aromatic carbocycles. The van der Waals surface area contributed by atoms with Gasteiger partial charge in [0, 0.05) is 16.4 Å². The average molecular weight is 459 g/mol. The quantitative estimate of drug-likeness (QED) is 0.303. The Labute approximate surface area is 173 Å². The van der Waals surface area contributed by atoms with Crippen molar-refractivity contribution >= 4 is 50.7 Å². The Morgan fingerprint density at radius 1 is 1.10 bits per heavy atom. The van der Waals surface area contributed by atoms with Crippen molar-refractivity contribution in [3.63, 3.8) is 0 Å². The van der Waals surface area contributed by atoms with E-state index in [0.717, 1.165) is 4.47 Å². The number of nitro groups is 1. The van der Waals surface area contributed by atoms with Crippen molar-refractivity contribution in [3.8, 4) is 0 Å². The van der Waals surface area contributed by atoms with Crippen molar-refractivity contribution in [3.05, 3.63) is 69.1 Å². The fraction of sp³-hybridized carbons (Fsp3) is 0.111. The third-order valence-electron chi connectivity index (χ3n) is 3.64. The van der Waals surface area contributed by atoms with Gasteiger partial charge in [0.1, 0.15) is 12.1 Å². The van der Waals surface area contributed by atoms with Crippen LogP contribution in [0.1, 0.15) is 17.3 Å². The van der Waals surface area contributed by atoms with E-state index in [1.54, 1.807) is 49.5 Å². The van der Waals surface area contributed by atoms with Crippen LogP contribution in [0.5, 0.6) is 0 Å². The summed E-state index contributed by atoms with van der Waals surface area (Å²) in [5.74, 6) is -0.0701. The zero-order chi connectivity index (χ0) is 20.8. The maximum absolute atomic E-state index is 11.7. The number of benzene rings is 1. The number of pyridine rings is 1. The number of ether oxygens (including phenoxy) is 1. The highest BCUT2D eigenvalue weighted by Crippen LogP contribution is 2.32. The number of hydrogen-bond donors (Lipinski definition) is 2. The summed E-state index contributed by atoms with van der Waals surface area (Å²) in [6, 6.07) is 9.70. The van der Waals surface area contributed by atoms with Crippen LogP contribution in [0.2, 0.25) is 0 Å². The van der Waals surface area contributed by atoms with Gasteiger partial charge in [0.05, 0.1) is 17.1 Å². The molecule has 0 aliphatic carbocycles. The number of hydrogen-bond acceptors (Lipinski definition) is 9. The van der Waals surface area contributed by atoms with Gasteiger partial charge in [-0.25, -0.2) is 19.7 Å². The molecule has 0 aliphatic rings. The molecule has 3 aromatic rings. The molecule has 0 spiro atoms. The molecular weight excluding hydrogens is 444 g/mol. The maximum atomic E-state index is 11.7. The first-order valence-electron chi connectivity index (χ1n) is 8.40. The molecular formula is C18H15BrN6O4. The van der Waals surface area contributed by atoms with E-state index >= 15 is 0 Å². The number of carbonyl (C=O) groups is 1. The van der Waals surface area contributed by atoms with E-state index in [2.05, 4.69) is 41.5 Å². The number of carbonyl (C=O) groups excluding carboxylic acids is 1. The minimum Gasteiger partial charge on any atom is -0.462 e. The summed E-state index contributed by atoms with van der Waals surface area (Å²) < 4.78 is 5.70. The summed E-state index contributed by atoms with van der Waals surface area (Å²) in [6.45, 7) is 1.99. The summed E-state index contributed by atoms with van der Waals surface area (Å²) >= 11 is 3.28. The summed E-state index contributed by atoms with van der Waals surface area (Å²) in [5.41, 5.74) is 0.539. The molecule has 0 amide bonds. The van der Waals surface area contributed by atoms with E-state index in [1.807, 2.05) is 0 Å². The SMILES string of the molecule is CCOC(=O)c1ccc(Nc2ncnc(Nc3ccc(Br)cn3)c2[N+](=O)[O-])cc1. The smallest absolute Gasteiger partial charge is 0.353 e. The number of halogens is 1. The van der Waals surface area contributed by atoms with Crippen LogP contribution in [0.4, 0.5) is 28.8 Å². The number of nitrogens with zero attached hydrogens (tertiary/aromatic N) is 4. The molecule has 0 atom stereocenters. The van der Waals surface area contributed by atoms with Gasteiger partial charge < -0.3 is 15.4 Å². The summed E-state index contributed by atoms with van der Waals surface area (Å²) in [7, 11) is 0. The molecule has 2 N–H and O–H groups in total. The van der Waals surface area contributed by atoms with E-state index < -0.39 is 10.9 Å². The van der Waals surface area contributed by atoms with Crippen molar-refractivity contribution in [1.82, 2.24) is 15.0 Å². The highest BCUT2D eigenvalue weighted by atomic mass is 79.9. The van der Waals surface area contributed by atoms with Crippen LogP contribution >= 0.6 is 15.9 Å². The van der Waals surface area contributed by atoms with Crippen LogP contribution in [0, 0.1) is 10.1 Å². The van der Waals surface area contributed by atoms with Gasteiger partial charge in [-0.1, -0.05) is 0 Å². The van der Waals surface area contributed by atoms with E-state index in [-0.39, 0.29) is 23.9 Å². The second-order valence-electron chi connectivity index (χ2n) is 5.59. The standard InChI is InChI=1S/C18H15BrN6O4/c1-2-29-18(26)11-3-6-13(7-4-11)23-16-15(25(27)28)17(22-10-21-16)24-14-8-5-12(19)9-20-14/h3-10H,2H2,1H3,(H2,20,21,22,23,24). The minimum absolute atomic E-state index is 0.00602. The van der Waals surface area contributed by atoms with Gasteiger partial charge in [-0.05, 0) is 59.3 Å². The molecule has 148 valence electrons. The largest absolute Gasteiger partial charge is 0.462 e. The fourth-order valence-electron chi connectivity index (χ4n) is 2.35. The molecule has 0 saturated carbocycles. The first kappa shape index (κ1) is 20.1. The maximum Gasteiger partial charge on any atom is 0.353 e. The van der Waals surface area contributed by atoms with Crippen LogP contribution in [0.15, 0.2) is 53.4 Å². The molecule has 2 heterocycles. The highest BCUT2D eigenvalue weighted by molar-refractivity contribution is 9.10. The topological polar surface area (TPSA) is 132 Å². The van der Waals surface area contributed by atoms with Gasteiger partial charge >= 0.3 is 11.7 Å². The number of rotatable bonds is 7. The second kappa shape index (κ2) is 9.06. The molecule has 0 bridgehead atoms. The second-order valence-corrected chi connectivity index (χ2v) is 6.50. The van der Waals surface area contributed by atoms with Crippen LogP contribution in [-0.4, -0.2) is 32.5 Å². The number of esters is 1. The van der Waals surface area contributed by atoms with Crippen LogP contribution in [0.25, 0.3) is 0 Å². The molecule has 3 rings (SSSR count). The molecule has 11 heteroatoms. The van der Waals surface area contributed by atoms with Gasteiger partial charge in [0.2, 0.25) is 11.6 Å². The number of nitrogens with one attached hydrogen (secondary N) is 2. The van der Waals surface area contributed by atoms with Crippen LogP contribution in [0.3, 0.4) is 0 Å². The highest BCUT2D eigenvalue weighted by Gasteiger charge is 2.23. The Bertz CT molecular complexity index is 1030. The first-order valence-corrected chi connectivity index (χ1v) is 9.19. The molecule has 0 aliphatic heterocycles. The first-order chi connectivity index (χ1) is 14.0. The molecule has 0 unspecified atom stereocenters. The molecule has 0 fully saturated rings. The molecule has 10 nitrogen and oxygen atoms in total. The van der Waals surface area contributed by atoms with Crippen LogP contribution < -0.4 is 10.6 Å². The predicted molar refractivity (Wildman–Crippen MR) is 110 cm³/mol. The lowest BCUT2D eigenvalue weighted by atomic mass is 10.2. The molecule has 0 radical (unpaired) electrons. The number of anilines is 4. The van der Waals surface area contributed by atoms with Gasteiger partial charge in [0.15, 0.2) is 0 Å². The van der Waals surface area contributed by atoms with E-state index in [9.17, 15) is 14.9 Å². The van der Waals surface area contributed by atoms with Crippen molar-refractivity contribution in [2.45, 2.75) is 6.92 Å². The summed E-state index contributed by atoms with van der Waals surface area (Å²) in [4.78, 5) is 34.8. The van der Waals surface area contributed by atoms with E-state index in [0.29, 0.717) is 17.1 Å². The Kier molecular flexibility index (Phi) is 6.29. The Morgan fingerprint density at radius 2 is 1.79 bits per heavy atom. The lowest BCUT2D eigenvalue weighted by Crippen LogP contribution is -2.07. The third kappa shape index (κ3) is 5.02. The van der Waals surface area contributed by atoms with E-state index in [4.69, 9.17) is 4.74 Å². The zero-order valence-electron chi connectivity index (χ0n) is 15.1. The van der Waals surface area contributed by atoms with Crippen molar-refractivity contribution in [1.29, 1.82) is 0 Å². The molecule has 2 aromatic heterocycles. The van der Waals surface area contributed by atoms with Crippen molar-refractivity contribution < 1.29 is 14.5 Å². The number of aromatic nitrogens is 3. The Hall–Kier alpha value is -3.60. The average Bonchev–Trinajstić information content (AvgIpc) is 2.70.